The highest BCUT2D eigenvalue weighted by Gasteiger charge is 2.01. The van der Waals surface area contributed by atoms with Crippen molar-refractivity contribution in [3.8, 4) is 5.75 Å². The summed E-state index contributed by atoms with van der Waals surface area (Å²) in [5.74, 6) is 1.88. The molecule has 0 spiro atoms. The molecule has 1 rings (SSSR count). The number of ether oxygens (including phenoxy) is 1. The van der Waals surface area contributed by atoms with Gasteiger partial charge >= 0.3 is 0 Å². The lowest BCUT2D eigenvalue weighted by molar-refractivity contribution is -0.115. The van der Waals surface area contributed by atoms with E-state index in [-0.39, 0.29) is 5.91 Å². The maximum absolute atomic E-state index is 11.6. The van der Waals surface area contributed by atoms with Crippen LogP contribution in [0.2, 0.25) is 0 Å². The van der Waals surface area contributed by atoms with E-state index in [1.807, 2.05) is 36.0 Å². The lowest BCUT2D eigenvalue weighted by atomic mass is 10.3. The molecule has 0 aliphatic rings. The molecule has 1 aromatic carbocycles. The lowest BCUT2D eigenvalue weighted by Crippen LogP contribution is -2.28. The SMILES string of the molecule is COc1ccc(NC(=O)CNCCCSC)cc1. The summed E-state index contributed by atoms with van der Waals surface area (Å²) in [6, 6.07) is 7.29. The number of methoxy groups -OCH3 is 1. The number of hydrogen-bond donors (Lipinski definition) is 2. The highest BCUT2D eigenvalue weighted by Crippen LogP contribution is 2.14. The minimum atomic E-state index is -0.0238. The van der Waals surface area contributed by atoms with E-state index in [2.05, 4.69) is 16.9 Å². The van der Waals surface area contributed by atoms with Crippen LogP contribution in [-0.2, 0) is 4.79 Å². The minimum Gasteiger partial charge on any atom is -0.497 e. The Kier molecular flexibility index (Phi) is 7.29. The predicted octanol–water partition coefficient (Wildman–Crippen LogP) is 1.98. The van der Waals surface area contributed by atoms with Crippen LogP contribution < -0.4 is 15.4 Å². The van der Waals surface area contributed by atoms with Gasteiger partial charge in [-0.3, -0.25) is 4.79 Å². The molecule has 0 radical (unpaired) electrons. The van der Waals surface area contributed by atoms with Gasteiger partial charge in [-0.15, -0.1) is 0 Å². The van der Waals surface area contributed by atoms with Crippen molar-refractivity contribution in [3.05, 3.63) is 24.3 Å². The number of carbonyl (C=O) groups is 1. The molecule has 4 nitrogen and oxygen atoms in total. The largest absolute Gasteiger partial charge is 0.497 e. The molecule has 2 N–H and O–H groups in total. The van der Waals surface area contributed by atoms with E-state index in [9.17, 15) is 4.79 Å². The summed E-state index contributed by atoms with van der Waals surface area (Å²) >= 11 is 1.81. The summed E-state index contributed by atoms with van der Waals surface area (Å²) < 4.78 is 5.05. The van der Waals surface area contributed by atoms with E-state index < -0.39 is 0 Å². The summed E-state index contributed by atoms with van der Waals surface area (Å²) in [6.45, 7) is 1.22. The quantitative estimate of drug-likeness (QED) is 0.708. The van der Waals surface area contributed by atoms with Gasteiger partial charge in [0.25, 0.3) is 0 Å². The maximum atomic E-state index is 11.6. The van der Waals surface area contributed by atoms with E-state index in [1.165, 1.54) is 0 Å². The fraction of sp³-hybridized carbons (Fsp3) is 0.462. The van der Waals surface area contributed by atoms with E-state index in [0.29, 0.717) is 6.54 Å². The van der Waals surface area contributed by atoms with Crippen molar-refractivity contribution in [2.75, 3.05) is 37.5 Å². The van der Waals surface area contributed by atoms with Gasteiger partial charge < -0.3 is 15.4 Å². The van der Waals surface area contributed by atoms with Crippen molar-refractivity contribution in [2.24, 2.45) is 0 Å². The fourth-order valence-corrected chi connectivity index (χ4v) is 1.86. The summed E-state index contributed by atoms with van der Waals surface area (Å²) in [5.41, 5.74) is 0.784. The first-order valence-electron chi connectivity index (χ1n) is 5.90. The van der Waals surface area contributed by atoms with Crippen molar-refractivity contribution in [3.63, 3.8) is 0 Å². The zero-order valence-corrected chi connectivity index (χ0v) is 11.7. The molecule has 1 aromatic rings. The Balaban J connectivity index is 2.22. The molecule has 1 amide bonds. The van der Waals surface area contributed by atoms with Crippen LogP contribution in [0.4, 0.5) is 5.69 Å². The predicted molar refractivity (Wildman–Crippen MR) is 77.5 cm³/mol. The third-order valence-electron chi connectivity index (χ3n) is 2.36. The first-order chi connectivity index (χ1) is 8.76. The maximum Gasteiger partial charge on any atom is 0.238 e. The highest BCUT2D eigenvalue weighted by molar-refractivity contribution is 7.98. The minimum absolute atomic E-state index is 0.0238. The normalized spacial score (nSPS) is 10.1. The highest BCUT2D eigenvalue weighted by atomic mass is 32.2. The third kappa shape index (κ3) is 5.93. The summed E-state index contributed by atoms with van der Waals surface area (Å²) in [4.78, 5) is 11.6. The number of rotatable bonds is 8. The Labute approximate surface area is 112 Å². The first-order valence-corrected chi connectivity index (χ1v) is 7.29. The average molecular weight is 268 g/mol. The monoisotopic (exact) mass is 268 g/mol. The molecule has 0 heterocycles. The van der Waals surface area contributed by atoms with Gasteiger partial charge in [-0.1, -0.05) is 0 Å². The van der Waals surface area contributed by atoms with Gasteiger partial charge in [0, 0.05) is 5.69 Å². The van der Waals surface area contributed by atoms with Gasteiger partial charge in [0.1, 0.15) is 5.75 Å². The van der Waals surface area contributed by atoms with E-state index in [1.54, 1.807) is 7.11 Å². The standard InChI is InChI=1S/C13H20N2O2S/c1-17-12-6-4-11(5-7-12)15-13(16)10-14-8-3-9-18-2/h4-7,14H,3,8-10H2,1-2H3,(H,15,16). The smallest absolute Gasteiger partial charge is 0.238 e. The van der Waals surface area contributed by atoms with Crippen molar-refractivity contribution in [1.82, 2.24) is 5.32 Å². The van der Waals surface area contributed by atoms with Crippen LogP contribution in [0.1, 0.15) is 6.42 Å². The van der Waals surface area contributed by atoms with Gasteiger partial charge in [-0.2, -0.15) is 11.8 Å². The lowest BCUT2D eigenvalue weighted by Gasteiger charge is -2.07. The molecule has 0 aliphatic heterocycles. The summed E-state index contributed by atoms with van der Waals surface area (Å²) in [7, 11) is 1.62. The second-order valence-electron chi connectivity index (χ2n) is 3.80. The van der Waals surface area contributed by atoms with Gasteiger partial charge in [0.2, 0.25) is 5.91 Å². The zero-order chi connectivity index (χ0) is 13.2. The van der Waals surface area contributed by atoms with Crippen molar-refractivity contribution < 1.29 is 9.53 Å². The number of amides is 1. The zero-order valence-electron chi connectivity index (χ0n) is 10.9. The molecule has 0 bridgehead atoms. The average Bonchev–Trinajstić information content (AvgIpc) is 2.39. The fourth-order valence-electron chi connectivity index (χ4n) is 1.42. The van der Waals surface area contributed by atoms with Crippen LogP contribution in [0.3, 0.4) is 0 Å². The van der Waals surface area contributed by atoms with E-state index in [4.69, 9.17) is 4.74 Å². The molecule has 0 aromatic heterocycles. The summed E-state index contributed by atoms with van der Waals surface area (Å²) in [6.07, 6.45) is 3.16. The van der Waals surface area contributed by atoms with Crippen LogP contribution in [0.15, 0.2) is 24.3 Å². The van der Waals surface area contributed by atoms with Crippen LogP contribution in [0, 0.1) is 0 Å². The number of thioether (sulfide) groups is 1. The Bertz CT molecular complexity index is 355. The first kappa shape index (κ1) is 14.9. The summed E-state index contributed by atoms with van der Waals surface area (Å²) in [5, 5.41) is 5.93. The molecule has 18 heavy (non-hydrogen) atoms. The molecule has 0 atom stereocenters. The molecular formula is C13H20N2O2S. The number of anilines is 1. The van der Waals surface area contributed by atoms with Crippen molar-refractivity contribution in [2.45, 2.75) is 6.42 Å². The molecule has 0 aliphatic carbocycles. The Morgan fingerprint density at radius 3 is 2.67 bits per heavy atom. The van der Waals surface area contributed by atoms with Gasteiger partial charge in [-0.25, -0.2) is 0 Å². The Morgan fingerprint density at radius 1 is 1.33 bits per heavy atom. The van der Waals surface area contributed by atoms with Crippen LogP contribution in [0.25, 0.3) is 0 Å². The molecular weight excluding hydrogens is 248 g/mol. The van der Waals surface area contributed by atoms with Crippen LogP contribution in [0.5, 0.6) is 5.75 Å². The second kappa shape index (κ2) is 8.83. The molecule has 0 unspecified atom stereocenters. The van der Waals surface area contributed by atoms with Crippen molar-refractivity contribution >= 4 is 23.4 Å². The van der Waals surface area contributed by atoms with E-state index in [0.717, 1.165) is 30.2 Å². The number of nitrogens with one attached hydrogen (secondary N) is 2. The third-order valence-corrected chi connectivity index (χ3v) is 3.06. The van der Waals surface area contributed by atoms with Crippen LogP contribution >= 0.6 is 11.8 Å². The molecule has 100 valence electrons. The van der Waals surface area contributed by atoms with Gasteiger partial charge in [0.15, 0.2) is 0 Å². The topological polar surface area (TPSA) is 50.4 Å². The molecule has 0 saturated carbocycles. The number of hydrogen-bond acceptors (Lipinski definition) is 4. The second-order valence-corrected chi connectivity index (χ2v) is 4.79. The van der Waals surface area contributed by atoms with Crippen molar-refractivity contribution in [1.29, 1.82) is 0 Å². The number of benzene rings is 1. The molecule has 5 heteroatoms. The van der Waals surface area contributed by atoms with Gasteiger partial charge in [0.05, 0.1) is 13.7 Å². The van der Waals surface area contributed by atoms with Crippen LogP contribution in [-0.4, -0.2) is 38.1 Å². The van der Waals surface area contributed by atoms with E-state index >= 15 is 0 Å². The number of carbonyl (C=O) groups excluding carboxylic acids is 1. The molecule has 0 fully saturated rings. The molecule has 0 saturated heterocycles. The Hall–Kier alpha value is -1.20. The van der Waals surface area contributed by atoms with Gasteiger partial charge in [-0.05, 0) is 49.2 Å². The Morgan fingerprint density at radius 2 is 2.06 bits per heavy atom.